The van der Waals surface area contributed by atoms with Crippen molar-refractivity contribution in [3.05, 3.63) is 48.2 Å². The van der Waals surface area contributed by atoms with Crippen molar-refractivity contribution in [2.75, 3.05) is 18.6 Å². The highest BCUT2D eigenvalue weighted by molar-refractivity contribution is 5.96. The van der Waals surface area contributed by atoms with Gasteiger partial charge in [0.25, 0.3) is 0 Å². The van der Waals surface area contributed by atoms with Gasteiger partial charge in [0.1, 0.15) is 5.69 Å². The molecular weight excluding hydrogens is 342 g/mol. The lowest BCUT2D eigenvalue weighted by molar-refractivity contribution is -0.118. The fourth-order valence-corrected chi connectivity index (χ4v) is 3.31. The number of nitrogens with zero attached hydrogens (tertiary/aromatic N) is 5. The van der Waals surface area contributed by atoms with Crippen molar-refractivity contribution < 1.29 is 9.90 Å². The molecule has 1 aliphatic heterocycles. The van der Waals surface area contributed by atoms with Crippen LogP contribution in [0.2, 0.25) is 0 Å². The van der Waals surface area contributed by atoms with Crippen LogP contribution in [0.25, 0.3) is 22.9 Å². The summed E-state index contributed by atoms with van der Waals surface area (Å²) in [6.07, 6.45) is 3.60. The molecule has 0 saturated carbocycles. The molecule has 3 aromatic rings. The van der Waals surface area contributed by atoms with Crippen molar-refractivity contribution in [2.45, 2.75) is 25.8 Å². The average molecular weight is 363 g/mol. The third kappa shape index (κ3) is 3.33. The summed E-state index contributed by atoms with van der Waals surface area (Å²) in [5.41, 5.74) is 3.67. The summed E-state index contributed by atoms with van der Waals surface area (Å²) in [5, 5.41) is 13.8. The van der Waals surface area contributed by atoms with E-state index in [1.54, 1.807) is 22.8 Å². The highest BCUT2D eigenvalue weighted by Crippen LogP contribution is 2.32. The van der Waals surface area contributed by atoms with Crippen LogP contribution in [0.15, 0.2) is 42.6 Å². The van der Waals surface area contributed by atoms with E-state index >= 15 is 0 Å². The summed E-state index contributed by atoms with van der Waals surface area (Å²) >= 11 is 0. The van der Waals surface area contributed by atoms with Gasteiger partial charge >= 0.3 is 0 Å². The van der Waals surface area contributed by atoms with Crippen LogP contribution in [0.3, 0.4) is 0 Å². The number of aliphatic hydroxyl groups excluding tert-OH is 1. The van der Waals surface area contributed by atoms with E-state index in [9.17, 15) is 9.90 Å². The van der Waals surface area contributed by atoms with Crippen molar-refractivity contribution in [3.8, 4) is 22.9 Å². The van der Waals surface area contributed by atoms with Gasteiger partial charge in [0.2, 0.25) is 5.91 Å². The van der Waals surface area contributed by atoms with Crippen LogP contribution in [0.1, 0.15) is 18.4 Å². The summed E-state index contributed by atoms with van der Waals surface area (Å²) in [4.78, 5) is 22.8. The van der Waals surface area contributed by atoms with Crippen LogP contribution in [-0.2, 0) is 17.8 Å². The summed E-state index contributed by atoms with van der Waals surface area (Å²) < 4.78 is 1.80. The number of anilines is 1. The van der Waals surface area contributed by atoms with Crippen LogP contribution < -0.4 is 4.90 Å². The second-order valence-corrected chi connectivity index (χ2v) is 6.57. The Hall–Kier alpha value is -3.06. The van der Waals surface area contributed by atoms with E-state index in [0.717, 1.165) is 23.2 Å². The van der Waals surface area contributed by atoms with E-state index in [-0.39, 0.29) is 12.5 Å². The fraction of sp³-hybridized carbons (Fsp3) is 0.300. The van der Waals surface area contributed by atoms with Crippen LogP contribution in [-0.4, -0.2) is 44.4 Å². The standard InChI is InChI=1S/C20H21N5O2/c1-24-17-13-15(7-6-14(17)8-9-18(24)27)20-22-19(16-5-2-3-10-21-16)23-25(20)11-4-12-26/h2-3,5-7,10,13,26H,4,8-9,11-12H2,1H3. The Bertz CT molecular complexity index is 968. The highest BCUT2D eigenvalue weighted by Gasteiger charge is 2.22. The molecule has 2 aromatic heterocycles. The highest BCUT2D eigenvalue weighted by atomic mass is 16.3. The van der Waals surface area contributed by atoms with Crippen LogP contribution in [0.4, 0.5) is 5.69 Å². The van der Waals surface area contributed by atoms with Crippen molar-refractivity contribution in [3.63, 3.8) is 0 Å². The Kier molecular flexibility index (Phi) is 4.68. The third-order valence-corrected chi connectivity index (χ3v) is 4.78. The first-order valence-corrected chi connectivity index (χ1v) is 9.04. The largest absolute Gasteiger partial charge is 0.396 e. The maximum absolute atomic E-state index is 12.1. The molecule has 27 heavy (non-hydrogen) atoms. The summed E-state index contributed by atoms with van der Waals surface area (Å²) in [5.74, 6) is 1.37. The normalized spacial score (nSPS) is 13.7. The summed E-state index contributed by atoms with van der Waals surface area (Å²) in [7, 11) is 1.81. The number of aliphatic hydroxyl groups is 1. The Balaban J connectivity index is 1.78. The van der Waals surface area contributed by atoms with E-state index < -0.39 is 0 Å². The first-order chi connectivity index (χ1) is 13.2. The zero-order valence-electron chi connectivity index (χ0n) is 15.2. The van der Waals surface area contributed by atoms with E-state index in [2.05, 4.69) is 16.1 Å². The molecule has 1 aromatic carbocycles. The van der Waals surface area contributed by atoms with Gasteiger partial charge in [0, 0.05) is 44.1 Å². The number of aryl methyl sites for hydroxylation is 2. The lowest BCUT2D eigenvalue weighted by Gasteiger charge is -2.26. The molecule has 4 rings (SSSR count). The molecule has 0 aliphatic carbocycles. The molecule has 1 aliphatic rings. The number of fused-ring (bicyclic) bond motifs is 1. The second kappa shape index (κ2) is 7.28. The van der Waals surface area contributed by atoms with Crippen molar-refractivity contribution >= 4 is 11.6 Å². The molecule has 0 radical (unpaired) electrons. The Labute approximate surface area is 157 Å². The molecule has 3 heterocycles. The monoisotopic (exact) mass is 363 g/mol. The SMILES string of the molecule is CN1C(=O)CCc2ccc(-c3nc(-c4ccccn4)nn3CCCO)cc21. The molecule has 7 heteroatoms. The van der Waals surface area contributed by atoms with Gasteiger partial charge in [-0.15, -0.1) is 5.10 Å². The number of hydrogen-bond donors (Lipinski definition) is 1. The first kappa shape index (κ1) is 17.4. The molecule has 0 spiro atoms. The van der Waals surface area contributed by atoms with Gasteiger partial charge < -0.3 is 10.0 Å². The molecule has 0 bridgehead atoms. The van der Waals surface area contributed by atoms with E-state index in [1.807, 2.05) is 30.3 Å². The molecule has 0 unspecified atom stereocenters. The Morgan fingerprint density at radius 2 is 2.07 bits per heavy atom. The maximum atomic E-state index is 12.1. The molecule has 1 N–H and O–H groups in total. The predicted molar refractivity (Wildman–Crippen MR) is 102 cm³/mol. The van der Waals surface area contributed by atoms with Gasteiger partial charge in [-0.3, -0.25) is 9.78 Å². The van der Waals surface area contributed by atoms with E-state index in [1.165, 1.54) is 0 Å². The Morgan fingerprint density at radius 3 is 2.85 bits per heavy atom. The van der Waals surface area contributed by atoms with Gasteiger partial charge in [-0.25, -0.2) is 9.67 Å². The molecule has 0 fully saturated rings. The number of hydrogen-bond acceptors (Lipinski definition) is 5. The molecule has 138 valence electrons. The van der Waals surface area contributed by atoms with E-state index in [4.69, 9.17) is 4.98 Å². The summed E-state index contributed by atoms with van der Waals surface area (Å²) in [6, 6.07) is 11.7. The van der Waals surface area contributed by atoms with Crippen LogP contribution >= 0.6 is 0 Å². The minimum Gasteiger partial charge on any atom is -0.396 e. The zero-order chi connectivity index (χ0) is 18.8. The van der Waals surface area contributed by atoms with Crippen LogP contribution in [0, 0.1) is 0 Å². The average Bonchev–Trinajstić information content (AvgIpc) is 3.14. The van der Waals surface area contributed by atoms with Crippen molar-refractivity contribution in [2.24, 2.45) is 0 Å². The zero-order valence-corrected chi connectivity index (χ0v) is 15.2. The smallest absolute Gasteiger partial charge is 0.227 e. The Morgan fingerprint density at radius 1 is 1.19 bits per heavy atom. The number of benzene rings is 1. The topological polar surface area (TPSA) is 84.1 Å². The van der Waals surface area contributed by atoms with Crippen molar-refractivity contribution in [1.29, 1.82) is 0 Å². The number of rotatable bonds is 5. The predicted octanol–water partition coefficient (Wildman–Crippen LogP) is 2.30. The first-order valence-electron chi connectivity index (χ1n) is 9.04. The number of carbonyl (C=O) groups is 1. The van der Waals surface area contributed by atoms with E-state index in [0.29, 0.717) is 36.7 Å². The summed E-state index contributed by atoms with van der Waals surface area (Å²) in [6.45, 7) is 0.636. The second-order valence-electron chi connectivity index (χ2n) is 6.57. The molecular formula is C20H21N5O2. The van der Waals surface area contributed by atoms with Gasteiger partial charge in [-0.2, -0.15) is 0 Å². The molecule has 7 nitrogen and oxygen atoms in total. The quantitative estimate of drug-likeness (QED) is 0.752. The lowest BCUT2D eigenvalue weighted by Crippen LogP contribution is -2.31. The number of pyridine rings is 1. The lowest BCUT2D eigenvalue weighted by atomic mass is 9.99. The minimum atomic E-state index is 0.0830. The number of amides is 1. The van der Waals surface area contributed by atoms with Crippen molar-refractivity contribution in [1.82, 2.24) is 19.7 Å². The molecule has 0 saturated heterocycles. The van der Waals surface area contributed by atoms with Gasteiger partial charge in [-0.1, -0.05) is 18.2 Å². The molecule has 1 amide bonds. The maximum Gasteiger partial charge on any atom is 0.227 e. The third-order valence-electron chi connectivity index (χ3n) is 4.78. The van der Waals surface area contributed by atoms with Gasteiger partial charge in [0.05, 0.1) is 0 Å². The minimum absolute atomic E-state index is 0.0830. The number of aromatic nitrogens is 4. The fourth-order valence-electron chi connectivity index (χ4n) is 3.31. The molecule has 0 atom stereocenters. The van der Waals surface area contributed by atoms with Crippen LogP contribution in [0.5, 0.6) is 0 Å². The van der Waals surface area contributed by atoms with Gasteiger partial charge in [-0.05, 0) is 36.6 Å². The van der Waals surface area contributed by atoms with Gasteiger partial charge in [0.15, 0.2) is 11.6 Å². The number of carbonyl (C=O) groups excluding carboxylic acids is 1.